The van der Waals surface area contributed by atoms with Gasteiger partial charge in [0.15, 0.2) is 0 Å². The highest BCUT2D eigenvalue weighted by atomic mass is 16.5. The fourth-order valence-corrected chi connectivity index (χ4v) is 4.14. The summed E-state index contributed by atoms with van der Waals surface area (Å²) in [5, 5.41) is 9.46. The molecule has 0 amide bonds. The summed E-state index contributed by atoms with van der Waals surface area (Å²) in [4.78, 5) is 22.6. The Bertz CT molecular complexity index is 476. The van der Waals surface area contributed by atoms with Crippen LogP contribution < -0.4 is 0 Å². The van der Waals surface area contributed by atoms with Crippen LogP contribution in [0.5, 0.6) is 0 Å². The first-order valence-corrected chi connectivity index (χ1v) is 12.2. The smallest absolute Gasteiger partial charge is 0.305 e. The van der Waals surface area contributed by atoms with E-state index in [-0.39, 0.29) is 23.7 Å². The average Bonchev–Trinajstić information content (AvgIpc) is 2.68. The Labute approximate surface area is 185 Å². The van der Waals surface area contributed by atoms with Crippen molar-refractivity contribution >= 4 is 11.9 Å². The van der Waals surface area contributed by atoms with E-state index in [2.05, 4.69) is 44.6 Å². The van der Waals surface area contributed by atoms with Crippen LogP contribution in [0.1, 0.15) is 118 Å². The lowest BCUT2D eigenvalue weighted by Crippen LogP contribution is -2.29. The van der Waals surface area contributed by atoms with E-state index in [4.69, 9.17) is 0 Å². The van der Waals surface area contributed by atoms with E-state index in [1.165, 1.54) is 45.6 Å². The van der Waals surface area contributed by atoms with Crippen molar-refractivity contribution in [2.75, 3.05) is 7.11 Å². The number of carboxylic acids is 1. The van der Waals surface area contributed by atoms with E-state index in [1.54, 1.807) is 0 Å². The van der Waals surface area contributed by atoms with Crippen LogP contribution in [-0.4, -0.2) is 24.2 Å². The van der Waals surface area contributed by atoms with Crippen LogP contribution in [0.15, 0.2) is 12.2 Å². The molecule has 0 fully saturated rings. The van der Waals surface area contributed by atoms with Crippen LogP contribution >= 0.6 is 0 Å². The molecule has 0 aromatic rings. The van der Waals surface area contributed by atoms with Crippen molar-refractivity contribution in [3.63, 3.8) is 0 Å². The lowest BCUT2D eigenvalue weighted by molar-refractivity contribution is -0.141. The van der Waals surface area contributed by atoms with E-state index in [1.807, 2.05) is 0 Å². The number of methoxy groups -OCH3 is 1. The Morgan fingerprint density at radius 2 is 1.53 bits per heavy atom. The molecule has 176 valence electrons. The molecule has 4 nitrogen and oxygen atoms in total. The summed E-state index contributed by atoms with van der Waals surface area (Å²) in [6.45, 7) is 8.75. The standard InChI is InChI=1S/C26H48O4/c1-6-7-8-9-12-15-18-22(23(21-24(27)28)26(2,3)4)19-16-13-10-11-14-17-20-25(29)30-5/h16,19,22-23H,6-15,17-18,20-21H2,1-5H3,(H,27,28)/b19-16+. The molecule has 0 aromatic heterocycles. The van der Waals surface area contributed by atoms with E-state index in [0.29, 0.717) is 12.3 Å². The lowest BCUT2D eigenvalue weighted by atomic mass is 9.69. The number of carbonyl (C=O) groups is 2. The minimum absolute atomic E-state index is 0.0243. The van der Waals surface area contributed by atoms with Crippen LogP contribution in [0.4, 0.5) is 0 Å². The highest BCUT2D eigenvalue weighted by molar-refractivity contribution is 5.69. The molecule has 0 saturated heterocycles. The summed E-state index contributed by atoms with van der Waals surface area (Å²) < 4.78 is 4.67. The number of carbonyl (C=O) groups excluding carboxylic acids is 1. The van der Waals surface area contributed by atoms with Gasteiger partial charge in [-0.3, -0.25) is 9.59 Å². The molecule has 0 aliphatic heterocycles. The van der Waals surface area contributed by atoms with Gasteiger partial charge in [-0.05, 0) is 42.9 Å². The number of unbranched alkanes of at least 4 members (excludes halogenated alkanes) is 9. The third kappa shape index (κ3) is 15.5. The molecule has 0 aliphatic carbocycles. The highest BCUT2D eigenvalue weighted by Crippen LogP contribution is 2.38. The third-order valence-electron chi connectivity index (χ3n) is 6.03. The van der Waals surface area contributed by atoms with Crippen LogP contribution in [-0.2, 0) is 14.3 Å². The average molecular weight is 425 g/mol. The van der Waals surface area contributed by atoms with Crippen molar-refractivity contribution < 1.29 is 19.4 Å². The molecule has 30 heavy (non-hydrogen) atoms. The van der Waals surface area contributed by atoms with E-state index >= 15 is 0 Å². The second-order valence-corrected chi connectivity index (χ2v) is 9.75. The van der Waals surface area contributed by atoms with Gasteiger partial charge in [-0.25, -0.2) is 0 Å². The van der Waals surface area contributed by atoms with Gasteiger partial charge in [0.2, 0.25) is 0 Å². The monoisotopic (exact) mass is 424 g/mol. The predicted molar refractivity (Wildman–Crippen MR) is 126 cm³/mol. The fourth-order valence-electron chi connectivity index (χ4n) is 4.14. The number of rotatable bonds is 18. The highest BCUT2D eigenvalue weighted by Gasteiger charge is 2.32. The second-order valence-electron chi connectivity index (χ2n) is 9.75. The minimum Gasteiger partial charge on any atom is -0.481 e. The molecule has 4 heteroatoms. The topological polar surface area (TPSA) is 63.6 Å². The Kier molecular flexibility index (Phi) is 16.6. The summed E-state index contributed by atoms with van der Waals surface area (Å²) in [5.74, 6) is -0.338. The molecule has 2 atom stereocenters. The Hall–Kier alpha value is -1.32. The Balaban J connectivity index is 4.60. The molecule has 0 rings (SSSR count). The second kappa shape index (κ2) is 17.4. The number of esters is 1. The molecule has 0 bridgehead atoms. The largest absolute Gasteiger partial charge is 0.481 e. The van der Waals surface area contributed by atoms with Crippen LogP contribution in [0.3, 0.4) is 0 Å². The molecule has 0 aliphatic rings. The fraction of sp³-hybridized carbons (Fsp3) is 0.846. The van der Waals surface area contributed by atoms with Crippen LogP contribution in [0.25, 0.3) is 0 Å². The number of ether oxygens (including phenoxy) is 1. The van der Waals surface area contributed by atoms with Gasteiger partial charge in [0.1, 0.15) is 0 Å². The van der Waals surface area contributed by atoms with Crippen molar-refractivity contribution in [2.45, 2.75) is 118 Å². The van der Waals surface area contributed by atoms with Crippen molar-refractivity contribution in [1.82, 2.24) is 0 Å². The molecule has 0 heterocycles. The molecular formula is C26H48O4. The van der Waals surface area contributed by atoms with Crippen molar-refractivity contribution in [3.05, 3.63) is 12.2 Å². The number of hydrogen-bond acceptors (Lipinski definition) is 3. The van der Waals surface area contributed by atoms with Gasteiger partial charge >= 0.3 is 11.9 Å². The first kappa shape index (κ1) is 28.7. The maximum Gasteiger partial charge on any atom is 0.305 e. The summed E-state index contributed by atoms with van der Waals surface area (Å²) >= 11 is 0. The third-order valence-corrected chi connectivity index (χ3v) is 6.03. The number of hydrogen-bond donors (Lipinski definition) is 1. The van der Waals surface area contributed by atoms with Gasteiger partial charge in [0.25, 0.3) is 0 Å². The molecular weight excluding hydrogens is 376 g/mol. The Morgan fingerprint density at radius 3 is 2.13 bits per heavy atom. The quantitative estimate of drug-likeness (QED) is 0.140. The zero-order chi connectivity index (χ0) is 22.8. The van der Waals surface area contributed by atoms with Crippen molar-refractivity contribution in [2.24, 2.45) is 17.3 Å². The summed E-state index contributed by atoms with van der Waals surface area (Å²) in [5.41, 5.74) is -0.0243. The zero-order valence-corrected chi connectivity index (χ0v) is 20.4. The molecule has 0 saturated carbocycles. The van der Waals surface area contributed by atoms with Gasteiger partial charge in [0, 0.05) is 12.8 Å². The maximum absolute atomic E-state index is 11.5. The number of carboxylic acid groups (broad SMARTS) is 1. The van der Waals surface area contributed by atoms with E-state index in [9.17, 15) is 14.7 Å². The first-order chi connectivity index (χ1) is 14.2. The van der Waals surface area contributed by atoms with Gasteiger partial charge in [0.05, 0.1) is 7.11 Å². The van der Waals surface area contributed by atoms with Gasteiger partial charge in [-0.2, -0.15) is 0 Å². The summed E-state index contributed by atoms with van der Waals surface area (Å²) in [7, 11) is 1.43. The normalized spacial score (nSPS) is 14.0. The summed E-state index contributed by atoms with van der Waals surface area (Å²) in [6.07, 6.45) is 19.2. The minimum atomic E-state index is -0.693. The summed E-state index contributed by atoms with van der Waals surface area (Å²) in [6, 6.07) is 0. The van der Waals surface area contributed by atoms with E-state index in [0.717, 1.165) is 38.5 Å². The lowest BCUT2D eigenvalue weighted by Gasteiger charge is -2.35. The SMILES string of the molecule is CCCCCCCCC(/C=C/CCCCCCC(=O)OC)C(CC(=O)O)C(C)(C)C. The predicted octanol–water partition coefficient (Wildman–Crippen LogP) is 7.56. The first-order valence-electron chi connectivity index (χ1n) is 12.2. The van der Waals surface area contributed by atoms with Gasteiger partial charge in [-0.15, -0.1) is 0 Å². The van der Waals surface area contributed by atoms with Gasteiger partial charge in [-0.1, -0.05) is 91.2 Å². The molecule has 0 spiro atoms. The maximum atomic E-state index is 11.5. The van der Waals surface area contributed by atoms with Crippen LogP contribution in [0, 0.1) is 17.3 Å². The van der Waals surface area contributed by atoms with Gasteiger partial charge < -0.3 is 9.84 Å². The molecule has 1 N–H and O–H groups in total. The molecule has 2 unspecified atom stereocenters. The van der Waals surface area contributed by atoms with Crippen molar-refractivity contribution in [1.29, 1.82) is 0 Å². The van der Waals surface area contributed by atoms with Crippen LogP contribution in [0.2, 0.25) is 0 Å². The molecule has 0 radical (unpaired) electrons. The van der Waals surface area contributed by atoms with Crippen molar-refractivity contribution in [3.8, 4) is 0 Å². The zero-order valence-electron chi connectivity index (χ0n) is 20.4. The number of aliphatic carboxylic acids is 1. The Morgan fingerprint density at radius 1 is 0.933 bits per heavy atom. The number of allylic oxidation sites excluding steroid dienone is 2. The van der Waals surface area contributed by atoms with E-state index < -0.39 is 5.97 Å². The molecule has 0 aromatic carbocycles.